The SMILES string of the molecule is CCOC(=O)NN(C(=O)OCC)[C@H](C)/C=C/C=O. The van der Waals surface area contributed by atoms with E-state index in [2.05, 4.69) is 10.2 Å². The van der Waals surface area contributed by atoms with E-state index in [1.54, 1.807) is 20.8 Å². The van der Waals surface area contributed by atoms with Crippen molar-refractivity contribution in [3.05, 3.63) is 12.2 Å². The van der Waals surface area contributed by atoms with Gasteiger partial charge in [-0.25, -0.2) is 20.0 Å². The zero-order chi connectivity index (χ0) is 14.0. The van der Waals surface area contributed by atoms with Gasteiger partial charge in [0.2, 0.25) is 0 Å². The van der Waals surface area contributed by atoms with E-state index in [-0.39, 0.29) is 13.2 Å². The third kappa shape index (κ3) is 5.88. The fraction of sp³-hybridized carbons (Fsp3) is 0.545. The van der Waals surface area contributed by atoms with Crippen molar-refractivity contribution in [3.8, 4) is 0 Å². The van der Waals surface area contributed by atoms with E-state index in [0.717, 1.165) is 5.01 Å². The number of carbonyl (C=O) groups is 3. The van der Waals surface area contributed by atoms with Crippen LogP contribution in [0.15, 0.2) is 12.2 Å². The largest absolute Gasteiger partial charge is 0.449 e. The lowest BCUT2D eigenvalue weighted by Crippen LogP contribution is -2.50. The second-order valence-electron chi connectivity index (χ2n) is 3.16. The Morgan fingerprint density at radius 3 is 2.39 bits per heavy atom. The highest BCUT2D eigenvalue weighted by Crippen LogP contribution is 2.01. The molecule has 0 bridgehead atoms. The van der Waals surface area contributed by atoms with E-state index in [0.29, 0.717) is 6.29 Å². The third-order valence-corrected chi connectivity index (χ3v) is 1.83. The highest BCUT2D eigenvalue weighted by Gasteiger charge is 2.22. The average molecular weight is 258 g/mol. The maximum atomic E-state index is 11.6. The Morgan fingerprint density at radius 2 is 1.89 bits per heavy atom. The molecule has 0 rings (SSSR count). The van der Waals surface area contributed by atoms with Crippen molar-refractivity contribution in [3.63, 3.8) is 0 Å². The molecule has 102 valence electrons. The van der Waals surface area contributed by atoms with E-state index < -0.39 is 18.2 Å². The molecule has 0 aromatic carbocycles. The molecule has 7 heteroatoms. The Hall–Kier alpha value is -2.05. The summed E-state index contributed by atoms with van der Waals surface area (Å²) in [5, 5.41) is 0.946. The number of rotatable bonds is 5. The Kier molecular flexibility index (Phi) is 8.00. The van der Waals surface area contributed by atoms with Crippen LogP contribution in [0.1, 0.15) is 20.8 Å². The summed E-state index contributed by atoms with van der Waals surface area (Å²) in [5.41, 5.74) is 2.24. The molecule has 2 amide bonds. The highest BCUT2D eigenvalue weighted by atomic mass is 16.6. The first-order valence-electron chi connectivity index (χ1n) is 5.58. The number of aldehydes is 1. The van der Waals surface area contributed by atoms with Crippen molar-refractivity contribution < 1.29 is 23.9 Å². The van der Waals surface area contributed by atoms with Gasteiger partial charge in [-0.05, 0) is 26.8 Å². The van der Waals surface area contributed by atoms with Gasteiger partial charge in [0.15, 0.2) is 0 Å². The zero-order valence-electron chi connectivity index (χ0n) is 10.7. The fourth-order valence-electron chi connectivity index (χ4n) is 1.06. The normalized spacial score (nSPS) is 11.7. The molecule has 18 heavy (non-hydrogen) atoms. The van der Waals surface area contributed by atoms with Crippen LogP contribution in [-0.2, 0) is 14.3 Å². The summed E-state index contributed by atoms with van der Waals surface area (Å²) in [5.74, 6) is 0. The Balaban J connectivity index is 4.70. The molecule has 1 N–H and O–H groups in total. The highest BCUT2D eigenvalue weighted by molar-refractivity contribution is 5.74. The van der Waals surface area contributed by atoms with Crippen LogP contribution in [-0.4, -0.2) is 42.7 Å². The lowest BCUT2D eigenvalue weighted by atomic mass is 10.3. The maximum Gasteiger partial charge on any atom is 0.429 e. The molecule has 0 heterocycles. The molecule has 0 aliphatic carbocycles. The Morgan fingerprint density at radius 1 is 1.28 bits per heavy atom. The monoisotopic (exact) mass is 258 g/mol. The van der Waals surface area contributed by atoms with Crippen LogP contribution in [0.2, 0.25) is 0 Å². The summed E-state index contributed by atoms with van der Waals surface area (Å²) >= 11 is 0. The molecule has 0 spiro atoms. The number of nitrogens with zero attached hydrogens (tertiary/aromatic N) is 1. The van der Waals surface area contributed by atoms with Crippen molar-refractivity contribution in [2.24, 2.45) is 0 Å². The van der Waals surface area contributed by atoms with E-state index in [9.17, 15) is 14.4 Å². The molecule has 0 saturated carbocycles. The molecule has 0 aromatic rings. The predicted octanol–water partition coefficient (Wildman–Crippen LogP) is 1.25. The summed E-state index contributed by atoms with van der Waals surface area (Å²) in [6.07, 6.45) is 1.75. The Bertz CT molecular complexity index is 317. The summed E-state index contributed by atoms with van der Waals surface area (Å²) in [7, 11) is 0. The zero-order valence-corrected chi connectivity index (χ0v) is 10.7. The summed E-state index contributed by atoms with van der Waals surface area (Å²) in [6, 6.07) is -0.543. The molecule has 7 nitrogen and oxygen atoms in total. The quantitative estimate of drug-likeness (QED) is 0.455. The molecule has 0 aromatic heterocycles. The second kappa shape index (κ2) is 9.03. The van der Waals surface area contributed by atoms with Crippen molar-refractivity contribution in [2.45, 2.75) is 26.8 Å². The van der Waals surface area contributed by atoms with Gasteiger partial charge < -0.3 is 9.47 Å². The first-order chi connectivity index (χ1) is 8.56. The van der Waals surface area contributed by atoms with Gasteiger partial charge in [0, 0.05) is 0 Å². The summed E-state index contributed by atoms with van der Waals surface area (Å²) in [4.78, 5) is 33.1. The van der Waals surface area contributed by atoms with Gasteiger partial charge in [0.05, 0.1) is 19.3 Å². The fourth-order valence-corrected chi connectivity index (χ4v) is 1.06. The van der Waals surface area contributed by atoms with Crippen LogP contribution in [0.4, 0.5) is 9.59 Å². The number of hydrogen-bond donors (Lipinski definition) is 1. The number of amides is 2. The molecule has 0 aliphatic rings. The van der Waals surface area contributed by atoms with E-state index >= 15 is 0 Å². The van der Waals surface area contributed by atoms with Crippen LogP contribution in [0.25, 0.3) is 0 Å². The number of hydrogen-bond acceptors (Lipinski definition) is 5. The van der Waals surface area contributed by atoms with Crippen LogP contribution < -0.4 is 5.43 Å². The van der Waals surface area contributed by atoms with Gasteiger partial charge in [0.1, 0.15) is 6.29 Å². The second-order valence-corrected chi connectivity index (χ2v) is 3.16. The first kappa shape index (κ1) is 16.0. The van der Waals surface area contributed by atoms with Crippen LogP contribution >= 0.6 is 0 Å². The number of carbonyl (C=O) groups excluding carboxylic acids is 3. The molecule has 0 saturated heterocycles. The van der Waals surface area contributed by atoms with Crippen molar-refractivity contribution in [2.75, 3.05) is 13.2 Å². The summed E-state index contributed by atoms with van der Waals surface area (Å²) in [6.45, 7) is 5.25. The lowest BCUT2D eigenvalue weighted by Gasteiger charge is -2.25. The minimum Gasteiger partial charge on any atom is -0.449 e. The standard InChI is InChI=1S/C11H18N2O5/c1-4-17-10(15)12-13(11(16)18-5-2)9(3)7-6-8-14/h6-9H,4-5H2,1-3H3,(H,12,15)/b7-6+/t9-/m1/s1. The Labute approximate surface area is 106 Å². The lowest BCUT2D eigenvalue weighted by molar-refractivity contribution is -0.104. The van der Waals surface area contributed by atoms with Gasteiger partial charge in [-0.3, -0.25) is 4.79 Å². The molecule has 0 unspecified atom stereocenters. The van der Waals surface area contributed by atoms with E-state index in [1.807, 2.05) is 0 Å². The van der Waals surface area contributed by atoms with Gasteiger partial charge in [0.25, 0.3) is 0 Å². The first-order valence-corrected chi connectivity index (χ1v) is 5.58. The molecular formula is C11H18N2O5. The smallest absolute Gasteiger partial charge is 0.429 e. The third-order valence-electron chi connectivity index (χ3n) is 1.83. The van der Waals surface area contributed by atoms with Gasteiger partial charge >= 0.3 is 12.2 Å². The van der Waals surface area contributed by atoms with Crippen molar-refractivity contribution in [1.29, 1.82) is 0 Å². The average Bonchev–Trinajstić information content (AvgIpc) is 2.33. The maximum absolute atomic E-state index is 11.6. The molecule has 0 aliphatic heterocycles. The van der Waals surface area contributed by atoms with Crippen molar-refractivity contribution in [1.82, 2.24) is 10.4 Å². The van der Waals surface area contributed by atoms with Gasteiger partial charge in [-0.2, -0.15) is 0 Å². The van der Waals surface area contributed by atoms with Crippen LogP contribution in [0, 0.1) is 0 Å². The van der Waals surface area contributed by atoms with E-state index in [1.165, 1.54) is 12.2 Å². The number of allylic oxidation sites excluding steroid dienone is 1. The number of ether oxygens (including phenoxy) is 2. The number of nitrogens with one attached hydrogen (secondary N) is 1. The van der Waals surface area contributed by atoms with E-state index in [4.69, 9.17) is 4.74 Å². The topological polar surface area (TPSA) is 84.9 Å². The molecular weight excluding hydrogens is 240 g/mol. The summed E-state index contributed by atoms with van der Waals surface area (Å²) < 4.78 is 9.44. The van der Waals surface area contributed by atoms with Crippen molar-refractivity contribution >= 4 is 18.5 Å². The number of hydrazine groups is 1. The van der Waals surface area contributed by atoms with Gasteiger partial charge in [-0.1, -0.05) is 6.08 Å². The molecule has 0 fully saturated rings. The minimum atomic E-state index is -0.767. The van der Waals surface area contributed by atoms with Gasteiger partial charge in [-0.15, -0.1) is 0 Å². The van der Waals surface area contributed by atoms with Crippen LogP contribution in [0.5, 0.6) is 0 Å². The van der Waals surface area contributed by atoms with Crippen LogP contribution in [0.3, 0.4) is 0 Å². The predicted molar refractivity (Wildman–Crippen MR) is 63.7 cm³/mol. The minimum absolute atomic E-state index is 0.171. The molecule has 1 atom stereocenters. The molecule has 0 radical (unpaired) electrons.